The minimum absolute atomic E-state index is 0.151. The SMILES string of the molecule is CC=CCC(C)C1OC(C)C(N(C)C(=O)C(C)CC(C)C)C(=O)N(C)C1C(=O)NC(CC)C(=O)N(C)C(C)C(C)=O. The van der Waals surface area contributed by atoms with Gasteiger partial charge in [-0.15, -0.1) is 0 Å². The highest BCUT2D eigenvalue weighted by molar-refractivity contribution is 5.96. The Hall–Kier alpha value is -2.75. The summed E-state index contributed by atoms with van der Waals surface area (Å²) >= 11 is 0. The minimum atomic E-state index is -1.04. The normalized spacial score (nSPS) is 24.4. The van der Waals surface area contributed by atoms with E-state index in [2.05, 4.69) is 5.32 Å². The molecule has 0 aliphatic carbocycles. The van der Waals surface area contributed by atoms with Gasteiger partial charge in [-0.2, -0.15) is 0 Å². The molecule has 0 bridgehead atoms. The van der Waals surface area contributed by atoms with Crippen LogP contribution >= 0.6 is 0 Å². The molecule has 1 fully saturated rings. The highest BCUT2D eigenvalue weighted by atomic mass is 16.5. The Morgan fingerprint density at radius 1 is 1.07 bits per heavy atom. The van der Waals surface area contributed by atoms with E-state index in [-0.39, 0.29) is 29.4 Å². The van der Waals surface area contributed by atoms with Gasteiger partial charge in [0.15, 0.2) is 5.78 Å². The molecule has 0 aromatic rings. The highest BCUT2D eigenvalue weighted by Gasteiger charge is 2.48. The third-order valence-electron chi connectivity index (χ3n) is 8.27. The van der Waals surface area contributed by atoms with Gasteiger partial charge in [-0.3, -0.25) is 24.0 Å². The molecule has 234 valence electrons. The second kappa shape index (κ2) is 16.0. The van der Waals surface area contributed by atoms with Crippen LogP contribution in [0.4, 0.5) is 0 Å². The molecule has 1 N–H and O–H groups in total. The van der Waals surface area contributed by atoms with Crippen molar-refractivity contribution in [3.05, 3.63) is 12.2 Å². The molecule has 8 unspecified atom stereocenters. The molecule has 0 radical (unpaired) electrons. The first-order chi connectivity index (χ1) is 19.0. The zero-order chi connectivity index (χ0) is 31.8. The van der Waals surface area contributed by atoms with Crippen molar-refractivity contribution in [2.24, 2.45) is 17.8 Å². The Morgan fingerprint density at radius 2 is 1.66 bits per heavy atom. The third-order valence-corrected chi connectivity index (χ3v) is 8.27. The van der Waals surface area contributed by atoms with E-state index in [0.29, 0.717) is 25.2 Å². The number of ketones is 1. The number of allylic oxidation sites excluding steroid dienone is 2. The van der Waals surface area contributed by atoms with Crippen LogP contribution in [0.25, 0.3) is 0 Å². The van der Waals surface area contributed by atoms with Crippen LogP contribution in [0.15, 0.2) is 12.2 Å². The second-order valence-corrected chi connectivity index (χ2v) is 12.1. The summed E-state index contributed by atoms with van der Waals surface area (Å²) in [5, 5.41) is 2.84. The molecule has 0 aromatic heterocycles. The highest BCUT2D eigenvalue weighted by Crippen LogP contribution is 2.29. The summed E-state index contributed by atoms with van der Waals surface area (Å²) in [6.45, 7) is 16.4. The minimum Gasteiger partial charge on any atom is -0.370 e. The van der Waals surface area contributed by atoms with E-state index in [1.54, 1.807) is 34.9 Å². The van der Waals surface area contributed by atoms with Gasteiger partial charge in [0.25, 0.3) is 0 Å². The topological polar surface area (TPSA) is 116 Å². The van der Waals surface area contributed by atoms with E-state index in [0.717, 1.165) is 0 Å². The summed E-state index contributed by atoms with van der Waals surface area (Å²) in [6.07, 6.45) is 4.13. The van der Waals surface area contributed by atoms with Crippen molar-refractivity contribution in [1.82, 2.24) is 20.0 Å². The van der Waals surface area contributed by atoms with Crippen LogP contribution in [0.1, 0.15) is 81.6 Å². The first kappa shape index (κ1) is 36.3. The van der Waals surface area contributed by atoms with E-state index in [1.165, 1.54) is 28.7 Å². The van der Waals surface area contributed by atoms with Crippen LogP contribution in [0.5, 0.6) is 0 Å². The fourth-order valence-electron chi connectivity index (χ4n) is 5.50. The lowest BCUT2D eigenvalue weighted by atomic mass is 9.92. The zero-order valence-corrected chi connectivity index (χ0v) is 27.3. The molecule has 1 aliphatic heterocycles. The van der Waals surface area contributed by atoms with Crippen molar-refractivity contribution in [3.63, 3.8) is 0 Å². The molecule has 1 aliphatic rings. The molecule has 4 amide bonds. The van der Waals surface area contributed by atoms with Gasteiger partial charge in [-0.05, 0) is 58.8 Å². The Kier molecular flexibility index (Phi) is 14.2. The van der Waals surface area contributed by atoms with Gasteiger partial charge in [-0.25, -0.2) is 0 Å². The summed E-state index contributed by atoms with van der Waals surface area (Å²) in [6, 6.07) is -3.48. The number of carbonyl (C=O) groups excluding carboxylic acids is 5. The summed E-state index contributed by atoms with van der Waals surface area (Å²) in [5.41, 5.74) is 0. The van der Waals surface area contributed by atoms with Gasteiger partial charge in [-0.1, -0.05) is 46.8 Å². The maximum Gasteiger partial charge on any atom is 0.248 e. The first-order valence-corrected chi connectivity index (χ1v) is 14.9. The van der Waals surface area contributed by atoms with Crippen LogP contribution < -0.4 is 5.32 Å². The van der Waals surface area contributed by atoms with Gasteiger partial charge < -0.3 is 24.8 Å². The van der Waals surface area contributed by atoms with Crippen LogP contribution in [0.2, 0.25) is 0 Å². The molecule has 10 heteroatoms. The molecule has 0 saturated carbocycles. The number of carbonyl (C=O) groups is 5. The number of likely N-dealkylation sites (N-methyl/N-ethyl adjacent to an activating group) is 3. The van der Waals surface area contributed by atoms with Gasteiger partial charge in [0.1, 0.15) is 18.1 Å². The van der Waals surface area contributed by atoms with Crippen LogP contribution in [0.3, 0.4) is 0 Å². The Bertz CT molecular complexity index is 966. The predicted octanol–water partition coefficient (Wildman–Crippen LogP) is 3.04. The molecule has 1 rings (SSSR count). The van der Waals surface area contributed by atoms with Crippen molar-refractivity contribution >= 4 is 29.4 Å². The van der Waals surface area contributed by atoms with Crippen molar-refractivity contribution in [3.8, 4) is 0 Å². The summed E-state index contributed by atoms with van der Waals surface area (Å²) in [7, 11) is 4.71. The number of nitrogens with zero attached hydrogens (tertiary/aromatic N) is 3. The Labute approximate surface area is 247 Å². The molecule has 41 heavy (non-hydrogen) atoms. The largest absolute Gasteiger partial charge is 0.370 e. The van der Waals surface area contributed by atoms with Gasteiger partial charge in [0.2, 0.25) is 23.6 Å². The third kappa shape index (κ3) is 9.12. The Morgan fingerprint density at radius 3 is 2.15 bits per heavy atom. The van der Waals surface area contributed by atoms with Crippen molar-refractivity contribution in [2.45, 2.75) is 118 Å². The lowest BCUT2D eigenvalue weighted by Crippen LogP contribution is -2.60. The predicted molar refractivity (Wildman–Crippen MR) is 160 cm³/mol. The number of nitrogens with one attached hydrogen (secondary N) is 1. The fourth-order valence-corrected chi connectivity index (χ4v) is 5.50. The van der Waals surface area contributed by atoms with Crippen molar-refractivity contribution in [2.75, 3.05) is 21.1 Å². The van der Waals surface area contributed by atoms with E-state index in [4.69, 9.17) is 4.74 Å². The van der Waals surface area contributed by atoms with Crippen LogP contribution in [-0.2, 0) is 28.7 Å². The summed E-state index contributed by atoms with van der Waals surface area (Å²) in [4.78, 5) is 70.5. The number of hydrogen-bond donors (Lipinski definition) is 1. The molecule has 10 nitrogen and oxygen atoms in total. The lowest BCUT2D eigenvalue weighted by Gasteiger charge is -2.35. The smallest absolute Gasteiger partial charge is 0.248 e. The maximum absolute atomic E-state index is 14.0. The second-order valence-electron chi connectivity index (χ2n) is 12.1. The zero-order valence-electron chi connectivity index (χ0n) is 27.3. The lowest BCUT2D eigenvalue weighted by molar-refractivity contribution is -0.149. The molecule has 1 saturated heterocycles. The molecule has 0 spiro atoms. The van der Waals surface area contributed by atoms with Gasteiger partial charge in [0, 0.05) is 27.1 Å². The number of hydrogen-bond acceptors (Lipinski definition) is 6. The molecule has 1 heterocycles. The average Bonchev–Trinajstić information content (AvgIpc) is 3.00. The molecular weight excluding hydrogens is 524 g/mol. The van der Waals surface area contributed by atoms with Crippen molar-refractivity contribution in [1.29, 1.82) is 0 Å². The average molecular weight is 579 g/mol. The Balaban J connectivity index is 3.44. The van der Waals surface area contributed by atoms with Crippen LogP contribution in [0, 0.1) is 17.8 Å². The van der Waals surface area contributed by atoms with E-state index in [9.17, 15) is 24.0 Å². The molecular formula is C31H54N4O6. The van der Waals surface area contributed by atoms with Gasteiger partial charge >= 0.3 is 0 Å². The fraction of sp³-hybridized carbons (Fsp3) is 0.774. The summed E-state index contributed by atoms with van der Waals surface area (Å²) < 4.78 is 6.49. The van der Waals surface area contributed by atoms with Gasteiger partial charge in [0.05, 0.1) is 18.2 Å². The maximum atomic E-state index is 14.0. The number of Topliss-reactive ketones (excluding diaryl/α,β-unsaturated/α-hetero) is 1. The summed E-state index contributed by atoms with van der Waals surface area (Å²) in [5.74, 6) is -1.73. The first-order valence-electron chi connectivity index (χ1n) is 14.9. The van der Waals surface area contributed by atoms with E-state index in [1.807, 2.05) is 46.8 Å². The van der Waals surface area contributed by atoms with E-state index < -0.39 is 48.2 Å². The number of rotatable bonds is 13. The van der Waals surface area contributed by atoms with E-state index >= 15 is 0 Å². The molecule has 8 atom stereocenters. The number of ether oxygens (including phenoxy) is 1. The van der Waals surface area contributed by atoms with Crippen molar-refractivity contribution < 1.29 is 28.7 Å². The van der Waals surface area contributed by atoms with Crippen LogP contribution in [-0.4, -0.2) is 102 Å². The number of amides is 4. The quantitative estimate of drug-likeness (QED) is 0.336. The molecule has 0 aromatic carbocycles. The standard InChI is InChI=1S/C31H54N4O6/c1-13-15-16-19(5)27-26(28(37)32-24(14-2)30(39)33(10)21(7)22(8)36)35(12)31(40)25(23(9)41-27)34(11)29(38)20(6)17-18(3)4/h13,15,18-21,23-27H,14,16-17H2,1-12H3,(H,32,37). The monoisotopic (exact) mass is 578 g/mol.